The van der Waals surface area contributed by atoms with Gasteiger partial charge in [-0.05, 0) is 49.7 Å². The van der Waals surface area contributed by atoms with Crippen molar-refractivity contribution in [1.82, 2.24) is 0 Å². The van der Waals surface area contributed by atoms with E-state index in [1.807, 2.05) is 6.92 Å². The molecule has 21 heavy (non-hydrogen) atoms. The molecule has 2 N–H and O–H groups in total. The van der Waals surface area contributed by atoms with Crippen LogP contribution in [-0.2, 0) is 0 Å². The van der Waals surface area contributed by atoms with Crippen LogP contribution < -0.4 is 10.6 Å². The van der Waals surface area contributed by atoms with Crippen molar-refractivity contribution < 1.29 is 13.6 Å². The number of hydrogen-bond donors (Lipinski definition) is 2. The summed E-state index contributed by atoms with van der Waals surface area (Å²) < 4.78 is 27.0. The van der Waals surface area contributed by atoms with Crippen molar-refractivity contribution in [1.29, 1.82) is 0 Å². The number of benzene rings is 2. The van der Waals surface area contributed by atoms with Gasteiger partial charge in [-0.15, -0.1) is 0 Å². The molecule has 0 heterocycles. The highest BCUT2D eigenvalue weighted by Crippen LogP contribution is 2.22. The predicted molar refractivity (Wildman–Crippen MR) is 79.7 cm³/mol. The van der Waals surface area contributed by atoms with E-state index in [-0.39, 0.29) is 17.1 Å². The lowest BCUT2D eigenvalue weighted by Crippen LogP contribution is -2.16. The number of rotatable bonds is 4. The van der Waals surface area contributed by atoms with E-state index in [1.54, 1.807) is 6.92 Å². The molecule has 0 aliphatic carbocycles. The van der Waals surface area contributed by atoms with Gasteiger partial charge in [0.05, 0.1) is 11.3 Å². The molecule has 0 saturated heterocycles. The van der Waals surface area contributed by atoms with Crippen molar-refractivity contribution in [2.75, 3.05) is 17.2 Å². The van der Waals surface area contributed by atoms with Crippen molar-refractivity contribution in [2.24, 2.45) is 0 Å². The quantitative estimate of drug-likeness (QED) is 0.895. The summed E-state index contributed by atoms with van der Waals surface area (Å²) in [7, 11) is 0. The third-order valence-electron chi connectivity index (χ3n) is 3.03. The molecule has 2 aromatic carbocycles. The maximum absolute atomic E-state index is 13.8. The molecule has 0 saturated carbocycles. The lowest BCUT2D eigenvalue weighted by Gasteiger charge is -2.12. The maximum atomic E-state index is 13.8. The Bertz CT molecular complexity index is 671. The van der Waals surface area contributed by atoms with Crippen molar-refractivity contribution in [2.45, 2.75) is 13.8 Å². The summed E-state index contributed by atoms with van der Waals surface area (Å²) in [5.74, 6) is -1.27. The standard InChI is InChI=1S/C16H16F2N2O/c1-3-19-15-12(5-4-6-14(15)18)16(21)20-11-7-8-13(17)10(2)9-11/h4-9,19H,3H2,1-2H3,(H,20,21). The van der Waals surface area contributed by atoms with Crippen LogP contribution in [0.5, 0.6) is 0 Å². The van der Waals surface area contributed by atoms with Crippen LogP contribution in [-0.4, -0.2) is 12.5 Å². The number of amides is 1. The number of para-hydroxylation sites is 1. The van der Waals surface area contributed by atoms with Crippen molar-refractivity contribution >= 4 is 17.3 Å². The maximum Gasteiger partial charge on any atom is 0.257 e. The first kappa shape index (κ1) is 15.0. The van der Waals surface area contributed by atoms with Gasteiger partial charge in [-0.1, -0.05) is 6.07 Å². The van der Waals surface area contributed by atoms with Crippen LogP contribution in [0.4, 0.5) is 20.2 Å². The number of carbonyl (C=O) groups is 1. The molecule has 1 amide bonds. The molecule has 0 atom stereocenters. The molecule has 0 aliphatic rings. The van der Waals surface area contributed by atoms with E-state index >= 15 is 0 Å². The molecule has 0 bridgehead atoms. The van der Waals surface area contributed by atoms with Crippen LogP contribution in [0.25, 0.3) is 0 Å². The fraction of sp³-hybridized carbons (Fsp3) is 0.188. The Labute approximate surface area is 122 Å². The number of halogens is 2. The highest BCUT2D eigenvalue weighted by Gasteiger charge is 2.15. The summed E-state index contributed by atoms with van der Waals surface area (Å²) in [6.07, 6.45) is 0. The van der Waals surface area contributed by atoms with E-state index in [0.717, 1.165) is 0 Å². The van der Waals surface area contributed by atoms with Gasteiger partial charge in [0.2, 0.25) is 0 Å². The van der Waals surface area contributed by atoms with Gasteiger partial charge >= 0.3 is 0 Å². The van der Waals surface area contributed by atoms with E-state index in [0.29, 0.717) is 17.8 Å². The third kappa shape index (κ3) is 3.37. The van der Waals surface area contributed by atoms with Crippen molar-refractivity contribution in [3.05, 3.63) is 59.2 Å². The summed E-state index contributed by atoms with van der Waals surface area (Å²) in [4.78, 5) is 12.2. The fourth-order valence-electron chi connectivity index (χ4n) is 1.99. The number of aryl methyl sites for hydroxylation is 1. The average molecular weight is 290 g/mol. The molecule has 0 aliphatic heterocycles. The summed E-state index contributed by atoms with van der Waals surface area (Å²) in [6, 6.07) is 8.57. The van der Waals surface area contributed by atoms with E-state index < -0.39 is 11.7 Å². The van der Waals surface area contributed by atoms with E-state index in [1.165, 1.54) is 36.4 Å². The average Bonchev–Trinajstić information content (AvgIpc) is 2.45. The zero-order valence-corrected chi connectivity index (χ0v) is 11.8. The highest BCUT2D eigenvalue weighted by atomic mass is 19.1. The Morgan fingerprint density at radius 2 is 1.90 bits per heavy atom. The first-order chi connectivity index (χ1) is 10.0. The van der Waals surface area contributed by atoms with Crippen molar-refractivity contribution in [3.63, 3.8) is 0 Å². The third-order valence-corrected chi connectivity index (χ3v) is 3.03. The van der Waals surface area contributed by atoms with E-state index in [9.17, 15) is 13.6 Å². The largest absolute Gasteiger partial charge is 0.382 e. The monoisotopic (exact) mass is 290 g/mol. The minimum Gasteiger partial charge on any atom is -0.382 e. The van der Waals surface area contributed by atoms with Crippen LogP contribution >= 0.6 is 0 Å². The van der Waals surface area contributed by atoms with Crippen LogP contribution in [0, 0.1) is 18.6 Å². The normalized spacial score (nSPS) is 10.3. The van der Waals surface area contributed by atoms with Crippen molar-refractivity contribution in [3.8, 4) is 0 Å². The number of hydrogen-bond acceptors (Lipinski definition) is 2. The second-order valence-electron chi connectivity index (χ2n) is 4.61. The van der Waals surface area contributed by atoms with Gasteiger partial charge in [0.15, 0.2) is 0 Å². The molecule has 5 heteroatoms. The zero-order valence-electron chi connectivity index (χ0n) is 11.8. The van der Waals surface area contributed by atoms with Crippen LogP contribution in [0.3, 0.4) is 0 Å². The van der Waals surface area contributed by atoms with Gasteiger partial charge in [-0.2, -0.15) is 0 Å². The second-order valence-corrected chi connectivity index (χ2v) is 4.61. The Hall–Kier alpha value is -2.43. The highest BCUT2D eigenvalue weighted by molar-refractivity contribution is 6.08. The van der Waals surface area contributed by atoms with Gasteiger partial charge in [0.25, 0.3) is 5.91 Å². The Morgan fingerprint density at radius 1 is 1.14 bits per heavy atom. The number of anilines is 2. The van der Waals surface area contributed by atoms with Gasteiger partial charge < -0.3 is 10.6 Å². The minimum atomic E-state index is -0.486. The summed E-state index contributed by atoms with van der Waals surface area (Å²) in [6.45, 7) is 3.92. The molecule has 2 aromatic rings. The SMILES string of the molecule is CCNc1c(F)cccc1C(=O)Nc1ccc(F)c(C)c1. The molecule has 110 valence electrons. The topological polar surface area (TPSA) is 41.1 Å². The Morgan fingerprint density at radius 3 is 2.57 bits per heavy atom. The molecular formula is C16H16F2N2O. The zero-order chi connectivity index (χ0) is 15.4. The summed E-state index contributed by atoms with van der Waals surface area (Å²) in [5, 5.41) is 5.48. The summed E-state index contributed by atoms with van der Waals surface area (Å²) >= 11 is 0. The van der Waals surface area contributed by atoms with Gasteiger partial charge in [0.1, 0.15) is 11.6 Å². The first-order valence-corrected chi connectivity index (χ1v) is 6.62. The minimum absolute atomic E-state index is 0.163. The molecule has 0 unspecified atom stereocenters. The van der Waals surface area contributed by atoms with E-state index in [2.05, 4.69) is 10.6 Å². The molecule has 0 aromatic heterocycles. The van der Waals surface area contributed by atoms with Crippen LogP contribution in [0.1, 0.15) is 22.8 Å². The second kappa shape index (κ2) is 6.35. The van der Waals surface area contributed by atoms with Gasteiger partial charge in [-0.25, -0.2) is 8.78 Å². The smallest absolute Gasteiger partial charge is 0.257 e. The van der Waals surface area contributed by atoms with Crippen LogP contribution in [0.15, 0.2) is 36.4 Å². The summed E-state index contributed by atoms with van der Waals surface area (Å²) in [5.41, 5.74) is 1.26. The lowest BCUT2D eigenvalue weighted by molar-refractivity contribution is 0.102. The molecule has 3 nitrogen and oxygen atoms in total. The molecular weight excluding hydrogens is 274 g/mol. The van der Waals surface area contributed by atoms with Gasteiger partial charge in [-0.3, -0.25) is 4.79 Å². The first-order valence-electron chi connectivity index (χ1n) is 6.62. The number of carbonyl (C=O) groups excluding carboxylic acids is 1. The molecule has 0 spiro atoms. The van der Waals surface area contributed by atoms with Gasteiger partial charge in [0, 0.05) is 12.2 Å². The lowest BCUT2D eigenvalue weighted by atomic mass is 10.1. The molecule has 2 rings (SSSR count). The fourth-order valence-corrected chi connectivity index (χ4v) is 1.99. The molecule has 0 fully saturated rings. The Balaban J connectivity index is 2.28. The number of nitrogens with one attached hydrogen (secondary N) is 2. The molecule has 0 radical (unpaired) electrons. The van der Waals surface area contributed by atoms with E-state index in [4.69, 9.17) is 0 Å². The predicted octanol–water partition coefficient (Wildman–Crippen LogP) is 3.96. The Kier molecular flexibility index (Phi) is 4.52. The van der Waals surface area contributed by atoms with Crippen LogP contribution in [0.2, 0.25) is 0 Å².